The van der Waals surface area contributed by atoms with Crippen LogP contribution < -0.4 is 10.2 Å². The van der Waals surface area contributed by atoms with Crippen LogP contribution in [-0.2, 0) is 17.9 Å². The molecule has 130 valence electrons. The van der Waals surface area contributed by atoms with E-state index in [1.54, 1.807) is 11.3 Å². The minimum Gasteiger partial charge on any atom is -0.312 e. The number of anilines is 1. The van der Waals surface area contributed by atoms with Crippen LogP contribution in [0.1, 0.15) is 34.7 Å². The van der Waals surface area contributed by atoms with Gasteiger partial charge in [0.1, 0.15) is 0 Å². The summed E-state index contributed by atoms with van der Waals surface area (Å²) in [5.41, 5.74) is 4.53. The van der Waals surface area contributed by atoms with Crippen LogP contribution in [0.3, 0.4) is 0 Å². The minimum absolute atomic E-state index is 0.233. The lowest BCUT2D eigenvalue weighted by atomic mass is 10.2. The van der Waals surface area contributed by atoms with Gasteiger partial charge < -0.3 is 10.2 Å². The lowest BCUT2D eigenvalue weighted by Gasteiger charge is -2.16. The maximum absolute atomic E-state index is 11.8. The van der Waals surface area contributed by atoms with Crippen LogP contribution in [0.15, 0.2) is 30.5 Å². The highest BCUT2D eigenvalue weighted by Gasteiger charge is 2.21. The number of hydrogen-bond donors (Lipinski definition) is 1. The van der Waals surface area contributed by atoms with Crippen molar-refractivity contribution in [3.8, 4) is 0 Å². The van der Waals surface area contributed by atoms with Gasteiger partial charge in [-0.2, -0.15) is 0 Å². The molecule has 1 N–H and O–H groups in total. The molecule has 0 radical (unpaired) electrons. The standard InChI is InChI=1S/C19H22N4OS/c1-13-12-23-17(14(2)21-19(23)25-13)11-20-10-15-5-7-16(8-6-15)22-9-3-4-18(22)24/h5-8,12,20H,3-4,9-11H2,1-2H3. The number of thiazole rings is 1. The number of aryl methyl sites for hydroxylation is 2. The molecule has 0 saturated carbocycles. The number of carbonyl (C=O) groups is 1. The fourth-order valence-corrected chi connectivity index (χ4v) is 4.25. The largest absolute Gasteiger partial charge is 0.312 e. The number of carbonyl (C=O) groups excluding carboxylic acids is 1. The number of benzene rings is 1. The molecule has 1 saturated heterocycles. The molecule has 0 bridgehead atoms. The first-order valence-electron chi connectivity index (χ1n) is 8.66. The third-order valence-electron chi connectivity index (χ3n) is 4.68. The first kappa shape index (κ1) is 16.3. The van der Waals surface area contributed by atoms with Gasteiger partial charge in [0.15, 0.2) is 4.96 Å². The summed E-state index contributed by atoms with van der Waals surface area (Å²) >= 11 is 1.72. The third kappa shape index (κ3) is 3.19. The van der Waals surface area contributed by atoms with E-state index >= 15 is 0 Å². The number of nitrogens with zero attached hydrogens (tertiary/aromatic N) is 3. The first-order valence-corrected chi connectivity index (χ1v) is 9.47. The molecule has 1 aliphatic heterocycles. The van der Waals surface area contributed by atoms with Gasteiger partial charge in [0.05, 0.1) is 11.4 Å². The van der Waals surface area contributed by atoms with Crippen LogP contribution in [-0.4, -0.2) is 21.8 Å². The van der Waals surface area contributed by atoms with Crippen LogP contribution in [0.5, 0.6) is 0 Å². The second-order valence-electron chi connectivity index (χ2n) is 6.56. The Morgan fingerprint density at radius 3 is 2.72 bits per heavy atom. The SMILES string of the molecule is Cc1cn2c(CNCc3ccc(N4CCCC4=O)cc3)c(C)nc2s1. The molecule has 1 amide bonds. The van der Waals surface area contributed by atoms with Crippen molar-refractivity contribution in [3.05, 3.63) is 52.3 Å². The molecule has 0 atom stereocenters. The molecule has 0 aliphatic carbocycles. The van der Waals surface area contributed by atoms with Gasteiger partial charge in [0.2, 0.25) is 5.91 Å². The summed E-state index contributed by atoms with van der Waals surface area (Å²) in [6, 6.07) is 8.29. The summed E-state index contributed by atoms with van der Waals surface area (Å²) in [6.07, 6.45) is 3.78. The first-order chi connectivity index (χ1) is 12.1. The molecule has 2 aromatic heterocycles. The molecule has 4 rings (SSSR count). The number of nitrogens with one attached hydrogen (secondary N) is 1. The maximum atomic E-state index is 11.8. The second-order valence-corrected chi connectivity index (χ2v) is 7.77. The maximum Gasteiger partial charge on any atom is 0.227 e. The average Bonchev–Trinajstić information content (AvgIpc) is 3.24. The Morgan fingerprint density at radius 1 is 1.20 bits per heavy atom. The van der Waals surface area contributed by atoms with Crippen molar-refractivity contribution < 1.29 is 4.79 Å². The molecular formula is C19H22N4OS. The summed E-state index contributed by atoms with van der Waals surface area (Å²) in [5, 5.41) is 3.51. The topological polar surface area (TPSA) is 49.6 Å². The number of aromatic nitrogens is 2. The number of hydrogen-bond acceptors (Lipinski definition) is 4. The van der Waals surface area contributed by atoms with E-state index in [2.05, 4.69) is 46.9 Å². The smallest absolute Gasteiger partial charge is 0.227 e. The molecule has 1 aromatic carbocycles. The van der Waals surface area contributed by atoms with Crippen molar-refractivity contribution in [1.29, 1.82) is 0 Å². The summed E-state index contributed by atoms with van der Waals surface area (Å²) < 4.78 is 2.18. The van der Waals surface area contributed by atoms with Crippen LogP contribution in [0.2, 0.25) is 0 Å². The van der Waals surface area contributed by atoms with Crippen molar-refractivity contribution >= 4 is 27.9 Å². The van der Waals surface area contributed by atoms with E-state index in [9.17, 15) is 4.79 Å². The van der Waals surface area contributed by atoms with Crippen LogP contribution >= 0.6 is 11.3 Å². The average molecular weight is 354 g/mol. The molecule has 5 nitrogen and oxygen atoms in total. The van der Waals surface area contributed by atoms with Gasteiger partial charge in [-0.3, -0.25) is 9.20 Å². The van der Waals surface area contributed by atoms with Gasteiger partial charge >= 0.3 is 0 Å². The van der Waals surface area contributed by atoms with Gasteiger partial charge in [-0.15, -0.1) is 11.3 Å². The van der Waals surface area contributed by atoms with Crippen LogP contribution in [0.25, 0.3) is 4.96 Å². The van der Waals surface area contributed by atoms with E-state index in [4.69, 9.17) is 0 Å². The highest BCUT2D eigenvalue weighted by atomic mass is 32.1. The normalized spacial score (nSPS) is 14.8. The predicted molar refractivity (Wildman–Crippen MR) is 101 cm³/mol. The van der Waals surface area contributed by atoms with E-state index < -0.39 is 0 Å². The Hall–Kier alpha value is -2.18. The van der Waals surface area contributed by atoms with Gasteiger partial charge in [-0.05, 0) is 38.0 Å². The van der Waals surface area contributed by atoms with E-state index in [1.807, 2.05) is 17.0 Å². The van der Waals surface area contributed by atoms with Gasteiger partial charge in [0.25, 0.3) is 0 Å². The lowest BCUT2D eigenvalue weighted by molar-refractivity contribution is -0.117. The zero-order chi connectivity index (χ0) is 17.4. The summed E-state index contributed by atoms with van der Waals surface area (Å²) in [4.78, 5) is 20.6. The van der Waals surface area contributed by atoms with Crippen molar-refractivity contribution in [2.45, 2.75) is 39.8 Å². The molecule has 1 aliphatic rings. The molecule has 0 unspecified atom stereocenters. The van der Waals surface area contributed by atoms with E-state index in [-0.39, 0.29) is 5.91 Å². The predicted octanol–water partition coefficient (Wildman–Crippen LogP) is 3.43. The highest BCUT2D eigenvalue weighted by molar-refractivity contribution is 7.17. The van der Waals surface area contributed by atoms with Crippen molar-refractivity contribution in [1.82, 2.24) is 14.7 Å². The second kappa shape index (κ2) is 6.61. The van der Waals surface area contributed by atoms with Crippen LogP contribution in [0, 0.1) is 13.8 Å². The van der Waals surface area contributed by atoms with Gasteiger partial charge in [-0.1, -0.05) is 12.1 Å². The van der Waals surface area contributed by atoms with Crippen molar-refractivity contribution in [2.24, 2.45) is 0 Å². The van der Waals surface area contributed by atoms with E-state index in [1.165, 1.54) is 16.1 Å². The number of imidazole rings is 1. The summed E-state index contributed by atoms with van der Waals surface area (Å²) in [5.74, 6) is 0.233. The summed E-state index contributed by atoms with van der Waals surface area (Å²) in [6.45, 7) is 6.60. The molecule has 3 aromatic rings. The Morgan fingerprint density at radius 2 is 2.00 bits per heavy atom. The number of fused-ring (bicyclic) bond motifs is 1. The molecule has 1 fully saturated rings. The molecule has 25 heavy (non-hydrogen) atoms. The lowest BCUT2D eigenvalue weighted by Crippen LogP contribution is -2.23. The molecule has 6 heteroatoms. The number of amides is 1. The zero-order valence-corrected chi connectivity index (χ0v) is 15.4. The molecular weight excluding hydrogens is 332 g/mol. The fraction of sp³-hybridized carbons (Fsp3) is 0.368. The quantitative estimate of drug-likeness (QED) is 0.764. The number of rotatable bonds is 5. The van der Waals surface area contributed by atoms with Gasteiger partial charge in [0, 0.05) is 42.8 Å². The van der Waals surface area contributed by atoms with Crippen molar-refractivity contribution in [3.63, 3.8) is 0 Å². The zero-order valence-electron chi connectivity index (χ0n) is 14.6. The third-order valence-corrected chi connectivity index (χ3v) is 5.58. The van der Waals surface area contributed by atoms with Crippen molar-refractivity contribution in [2.75, 3.05) is 11.4 Å². The van der Waals surface area contributed by atoms with Crippen LogP contribution in [0.4, 0.5) is 5.69 Å². The Kier molecular flexibility index (Phi) is 4.31. The fourth-order valence-electron chi connectivity index (χ4n) is 3.36. The molecule has 0 spiro atoms. The monoisotopic (exact) mass is 354 g/mol. The minimum atomic E-state index is 0.233. The Labute approximate surface area is 151 Å². The molecule has 3 heterocycles. The Balaban J connectivity index is 1.39. The summed E-state index contributed by atoms with van der Waals surface area (Å²) in [7, 11) is 0. The Bertz CT molecular complexity index is 910. The highest BCUT2D eigenvalue weighted by Crippen LogP contribution is 2.22. The van der Waals surface area contributed by atoms with Gasteiger partial charge in [-0.25, -0.2) is 4.98 Å². The van der Waals surface area contributed by atoms with E-state index in [0.29, 0.717) is 6.42 Å². The van der Waals surface area contributed by atoms with E-state index in [0.717, 1.165) is 42.4 Å².